The van der Waals surface area contributed by atoms with Gasteiger partial charge in [-0.3, -0.25) is 0 Å². The Bertz CT molecular complexity index is 319. The molecule has 1 aromatic carbocycles. The Morgan fingerprint density at radius 1 is 1.40 bits per heavy atom. The lowest BCUT2D eigenvalue weighted by molar-refractivity contribution is -0.222. The molecule has 0 amide bonds. The maximum absolute atomic E-state index is 11.1. The minimum atomic E-state index is -1.90. The maximum Gasteiger partial charge on any atom is 0.366 e. The Balaban J connectivity index is 2.53. The molecule has 1 rings (SSSR count). The first kappa shape index (κ1) is 11.7. The van der Waals surface area contributed by atoms with Crippen molar-refractivity contribution in [2.75, 3.05) is 7.11 Å². The Hall–Kier alpha value is -1.39. The molecule has 0 saturated carbocycles. The predicted octanol–water partition coefficient (Wildman–Crippen LogP) is 1.08. The van der Waals surface area contributed by atoms with Crippen LogP contribution in [0, 0.1) is 0 Å². The molecule has 0 aromatic heterocycles. The van der Waals surface area contributed by atoms with Crippen LogP contribution < -0.4 is 0 Å². The summed E-state index contributed by atoms with van der Waals surface area (Å²) in [6.45, 7) is 1.41. The average molecular weight is 210 g/mol. The fourth-order valence-corrected chi connectivity index (χ4v) is 1.05. The van der Waals surface area contributed by atoms with Gasteiger partial charge in [-0.15, -0.1) is 0 Å². The van der Waals surface area contributed by atoms with E-state index in [1.807, 2.05) is 30.3 Å². The van der Waals surface area contributed by atoms with Gasteiger partial charge in [0.15, 0.2) is 0 Å². The van der Waals surface area contributed by atoms with Crippen LogP contribution in [0.3, 0.4) is 0 Å². The van der Waals surface area contributed by atoms with Crippen molar-refractivity contribution in [3.05, 3.63) is 35.9 Å². The summed E-state index contributed by atoms with van der Waals surface area (Å²) in [4.78, 5) is 11.1. The first-order chi connectivity index (χ1) is 7.06. The summed E-state index contributed by atoms with van der Waals surface area (Å²) in [5.41, 5.74) is 0.877. The van der Waals surface area contributed by atoms with Gasteiger partial charge in [0.1, 0.15) is 0 Å². The molecule has 4 nitrogen and oxygen atoms in total. The van der Waals surface area contributed by atoms with Gasteiger partial charge in [0, 0.05) is 6.92 Å². The molecule has 0 aliphatic rings. The zero-order valence-corrected chi connectivity index (χ0v) is 8.77. The molecule has 1 aromatic rings. The molecule has 0 bridgehead atoms. The first-order valence-electron chi connectivity index (χ1n) is 4.55. The Morgan fingerprint density at radius 3 is 2.53 bits per heavy atom. The zero-order valence-electron chi connectivity index (χ0n) is 8.77. The summed E-state index contributed by atoms with van der Waals surface area (Å²) < 4.78 is 9.44. The topological polar surface area (TPSA) is 55.8 Å². The summed E-state index contributed by atoms with van der Waals surface area (Å²) in [5, 5.41) is 9.55. The Labute approximate surface area is 88.4 Å². The standard InChI is InChI=1S/C11H14O4/c1-11(13,10(12)14-2)15-8-9-6-4-3-5-7-9/h3-7,13H,8H2,1-2H3. The van der Waals surface area contributed by atoms with Crippen molar-refractivity contribution in [3.8, 4) is 0 Å². The van der Waals surface area contributed by atoms with Gasteiger partial charge in [-0.1, -0.05) is 30.3 Å². The average Bonchev–Trinajstić information content (AvgIpc) is 2.27. The van der Waals surface area contributed by atoms with Gasteiger partial charge in [0.25, 0.3) is 5.79 Å². The molecule has 82 valence electrons. The van der Waals surface area contributed by atoms with Gasteiger partial charge in [0.2, 0.25) is 0 Å². The van der Waals surface area contributed by atoms with E-state index in [0.717, 1.165) is 5.56 Å². The molecule has 0 fully saturated rings. The van der Waals surface area contributed by atoms with Crippen LogP contribution >= 0.6 is 0 Å². The summed E-state index contributed by atoms with van der Waals surface area (Å²) >= 11 is 0. The van der Waals surface area contributed by atoms with E-state index >= 15 is 0 Å². The number of carbonyl (C=O) groups excluding carboxylic acids is 1. The van der Waals surface area contributed by atoms with Gasteiger partial charge in [-0.05, 0) is 5.56 Å². The third-order valence-electron chi connectivity index (χ3n) is 1.93. The summed E-state index contributed by atoms with van der Waals surface area (Å²) in [7, 11) is 1.20. The first-order valence-corrected chi connectivity index (χ1v) is 4.55. The van der Waals surface area contributed by atoms with Crippen molar-refractivity contribution >= 4 is 5.97 Å². The van der Waals surface area contributed by atoms with E-state index in [0.29, 0.717) is 0 Å². The van der Waals surface area contributed by atoms with Crippen molar-refractivity contribution < 1.29 is 19.4 Å². The van der Waals surface area contributed by atoms with E-state index in [2.05, 4.69) is 4.74 Å². The SMILES string of the molecule is COC(=O)C(C)(O)OCc1ccccc1. The second-order valence-electron chi connectivity index (χ2n) is 3.25. The Kier molecular flexibility index (Phi) is 3.82. The van der Waals surface area contributed by atoms with Gasteiger partial charge < -0.3 is 14.6 Å². The largest absolute Gasteiger partial charge is 0.465 e. The minimum absolute atomic E-state index is 0.156. The normalized spacial score (nSPS) is 14.3. The lowest BCUT2D eigenvalue weighted by Crippen LogP contribution is -2.38. The fourth-order valence-electron chi connectivity index (χ4n) is 1.05. The highest BCUT2D eigenvalue weighted by atomic mass is 16.7. The van der Waals surface area contributed by atoms with E-state index < -0.39 is 11.8 Å². The molecule has 0 saturated heterocycles. The van der Waals surface area contributed by atoms with Gasteiger partial charge in [0.05, 0.1) is 13.7 Å². The number of rotatable bonds is 4. The van der Waals surface area contributed by atoms with E-state index in [4.69, 9.17) is 4.74 Å². The predicted molar refractivity (Wildman–Crippen MR) is 53.9 cm³/mol. The van der Waals surface area contributed by atoms with Gasteiger partial charge in [-0.25, -0.2) is 4.79 Å². The number of aliphatic hydroxyl groups is 1. The third-order valence-corrected chi connectivity index (χ3v) is 1.93. The molecule has 1 N–H and O–H groups in total. The second kappa shape index (κ2) is 4.91. The van der Waals surface area contributed by atoms with Crippen LogP contribution in [0.4, 0.5) is 0 Å². The van der Waals surface area contributed by atoms with E-state index in [9.17, 15) is 9.90 Å². The number of hydrogen-bond donors (Lipinski definition) is 1. The maximum atomic E-state index is 11.1. The van der Waals surface area contributed by atoms with E-state index in [-0.39, 0.29) is 6.61 Å². The monoisotopic (exact) mass is 210 g/mol. The Morgan fingerprint density at radius 2 is 2.00 bits per heavy atom. The van der Waals surface area contributed by atoms with Crippen LogP contribution in [0.1, 0.15) is 12.5 Å². The van der Waals surface area contributed by atoms with Crippen LogP contribution in [0.5, 0.6) is 0 Å². The zero-order chi connectivity index (χ0) is 11.3. The molecule has 0 heterocycles. The third kappa shape index (κ3) is 3.34. The highest BCUT2D eigenvalue weighted by Gasteiger charge is 2.32. The quantitative estimate of drug-likeness (QED) is 0.597. The van der Waals surface area contributed by atoms with Crippen molar-refractivity contribution in [1.82, 2.24) is 0 Å². The molecule has 4 heteroatoms. The van der Waals surface area contributed by atoms with Gasteiger partial charge >= 0.3 is 5.97 Å². The number of hydrogen-bond acceptors (Lipinski definition) is 4. The number of methoxy groups -OCH3 is 1. The number of benzene rings is 1. The highest BCUT2D eigenvalue weighted by Crippen LogP contribution is 2.11. The summed E-state index contributed by atoms with van der Waals surface area (Å²) in [6.07, 6.45) is 0. The van der Waals surface area contributed by atoms with Crippen molar-refractivity contribution in [3.63, 3.8) is 0 Å². The van der Waals surface area contributed by atoms with Crippen LogP contribution in [0.2, 0.25) is 0 Å². The van der Waals surface area contributed by atoms with E-state index in [1.165, 1.54) is 14.0 Å². The molecule has 0 aliphatic carbocycles. The van der Waals surface area contributed by atoms with Crippen LogP contribution in [-0.4, -0.2) is 24.0 Å². The summed E-state index contributed by atoms with van der Waals surface area (Å²) in [6, 6.07) is 9.26. The molecule has 0 spiro atoms. The van der Waals surface area contributed by atoms with Crippen molar-refractivity contribution in [1.29, 1.82) is 0 Å². The van der Waals surface area contributed by atoms with Crippen molar-refractivity contribution in [2.24, 2.45) is 0 Å². The number of ether oxygens (including phenoxy) is 2. The summed E-state index contributed by atoms with van der Waals surface area (Å²) in [5.74, 6) is -2.71. The smallest absolute Gasteiger partial charge is 0.366 e. The van der Waals surface area contributed by atoms with E-state index in [1.54, 1.807) is 0 Å². The fraction of sp³-hybridized carbons (Fsp3) is 0.364. The number of carbonyl (C=O) groups is 1. The molecule has 1 unspecified atom stereocenters. The molecule has 15 heavy (non-hydrogen) atoms. The highest BCUT2D eigenvalue weighted by molar-refractivity contribution is 5.76. The van der Waals surface area contributed by atoms with Crippen LogP contribution in [0.15, 0.2) is 30.3 Å². The molecule has 0 aliphatic heterocycles. The minimum Gasteiger partial charge on any atom is -0.465 e. The molecular weight excluding hydrogens is 196 g/mol. The second-order valence-corrected chi connectivity index (χ2v) is 3.25. The lowest BCUT2D eigenvalue weighted by Gasteiger charge is -2.20. The number of esters is 1. The van der Waals surface area contributed by atoms with Gasteiger partial charge in [-0.2, -0.15) is 0 Å². The lowest BCUT2D eigenvalue weighted by atomic mass is 10.2. The van der Waals surface area contributed by atoms with Crippen LogP contribution in [-0.2, 0) is 20.9 Å². The molecule has 0 radical (unpaired) electrons. The molecule has 1 atom stereocenters. The molecular formula is C11H14O4. The van der Waals surface area contributed by atoms with Crippen molar-refractivity contribution in [2.45, 2.75) is 19.3 Å². The van der Waals surface area contributed by atoms with Crippen LogP contribution in [0.25, 0.3) is 0 Å².